The molecule has 2 aromatic rings. The zero-order valence-corrected chi connectivity index (χ0v) is 24.0. The number of rotatable bonds is 11. The quantitative estimate of drug-likeness (QED) is 0.220. The number of carbonyl (C=O) groups excluding carboxylic acids is 1. The molecule has 0 amide bonds. The summed E-state index contributed by atoms with van der Waals surface area (Å²) in [5, 5.41) is 24.9. The van der Waals surface area contributed by atoms with Crippen LogP contribution in [0.2, 0.25) is 0 Å². The van der Waals surface area contributed by atoms with Gasteiger partial charge in [-0.2, -0.15) is 9.97 Å². The smallest absolute Gasteiger partial charge is 0.323 e. The summed E-state index contributed by atoms with van der Waals surface area (Å²) in [5.41, 5.74) is 1.97. The lowest BCUT2D eigenvalue weighted by Crippen LogP contribution is -2.53. The fourth-order valence-corrected chi connectivity index (χ4v) is 6.46. The number of anilines is 1. The summed E-state index contributed by atoms with van der Waals surface area (Å²) in [4.78, 5) is 24.9. The lowest BCUT2D eigenvalue weighted by atomic mass is 9.88. The van der Waals surface area contributed by atoms with E-state index in [-0.39, 0.29) is 35.7 Å². The lowest BCUT2D eigenvalue weighted by molar-refractivity contribution is -0.152. The van der Waals surface area contributed by atoms with E-state index in [4.69, 9.17) is 24.5 Å². The van der Waals surface area contributed by atoms with Crippen LogP contribution < -0.4 is 15.6 Å². The van der Waals surface area contributed by atoms with Crippen LogP contribution in [0.4, 0.5) is 10.3 Å². The molecule has 1 aliphatic carbocycles. The van der Waals surface area contributed by atoms with Crippen LogP contribution in [0.15, 0.2) is 6.33 Å². The van der Waals surface area contributed by atoms with Crippen LogP contribution in [0, 0.1) is 0 Å². The molecule has 2 aromatic heterocycles. The molecular weight excluding hydrogens is 550 g/mol. The number of fused-ring (bicyclic) bond motifs is 1. The maximum atomic E-state index is 14.6. The molecule has 1 saturated carbocycles. The molecule has 6 atom stereocenters. The van der Waals surface area contributed by atoms with Crippen molar-refractivity contribution >= 4 is 30.6 Å². The molecule has 0 aromatic carbocycles. The highest BCUT2D eigenvalue weighted by molar-refractivity contribution is 7.56. The first-order valence-corrected chi connectivity index (χ1v) is 15.4. The van der Waals surface area contributed by atoms with Gasteiger partial charge in [-0.1, -0.05) is 6.42 Å². The number of hydrogen-bond acceptors (Lipinski definition) is 12. The van der Waals surface area contributed by atoms with Gasteiger partial charge in [-0.3, -0.25) is 13.9 Å². The topological polar surface area (TPSA) is 193 Å². The van der Waals surface area contributed by atoms with Crippen molar-refractivity contribution in [1.29, 1.82) is 0 Å². The highest BCUT2D eigenvalue weighted by atomic mass is 31.2. The number of nitrogens with one attached hydrogen (secondary N) is 1. The largest absolute Gasteiger partial charge is 0.476 e. The standard InChI is InChI=1S/C24H38FN6O8P/c1-5-36-18-16-17(28-22(26)29-18)31(13-27-16)21-23(3,34)20(33)24(11-25,39-21)12-37-40(4,35)30-14(2)19(32)38-15-9-7-6-8-10-15/h13-15,20-21,33-34H,5-12H2,1-4H3,(H,30,35)(H2,26,28,29)/t14-,20-,21+,23+,24+,40?/m0/s1. The molecule has 4 rings (SSSR count). The number of ether oxygens (including phenoxy) is 3. The number of nitrogen functional groups attached to an aromatic ring is 1. The van der Waals surface area contributed by atoms with Gasteiger partial charge in [-0.25, -0.2) is 14.5 Å². The number of alkyl halides is 1. The Morgan fingerprint density at radius 1 is 1.38 bits per heavy atom. The van der Waals surface area contributed by atoms with Gasteiger partial charge in [-0.15, -0.1) is 0 Å². The monoisotopic (exact) mass is 588 g/mol. The second-order valence-electron chi connectivity index (χ2n) is 10.6. The van der Waals surface area contributed by atoms with Crippen molar-refractivity contribution in [2.75, 3.05) is 32.3 Å². The maximum Gasteiger partial charge on any atom is 0.323 e. The molecule has 14 nitrogen and oxygen atoms in total. The highest BCUT2D eigenvalue weighted by Crippen LogP contribution is 2.48. The molecule has 0 radical (unpaired) electrons. The molecule has 224 valence electrons. The third-order valence-electron chi connectivity index (χ3n) is 7.24. The molecule has 1 unspecified atom stereocenters. The number of aliphatic hydroxyl groups is 2. The minimum atomic E-state index is -3.74. The number of aromatic nitrogens is 4. The normalized spacial score (nSPS) is 29.8. The summed E-state index contributed by atoms with van der Waals surface area (Å²) in [6.07, 6.45) is 2.50. The second kappa shape index (κ2) is 11.8. The number of nitrogens with zero attached hydrogens (tertiary/aromatic N) is 4. The van der Waals surface area contributed by atoms with Gasteiger partial charge in [0.25, 0.3) is 7.52 Å². The van der Waals surface area contributed by atoms with E-state index >= 15 is 0 Å². The molecule has 5 N–H and O–H groups in total. The fourth-order valence-electron chi connectivity index (χ4n) is 5.11. The van der Waals surface area contributed by atoms with Crippen molar-refractivity contribution in [1.82, 2.24) is 24.6 Å². The predicted octanol–water partition coefficient (Wildman–Crippen LogP) is 1.85. The number of nitrogens with two attached hydrogens (primary N) is 1. The van der Waals surface area contributed by atoms with E-state index in [0.29, 0.717) is 0 Å². The van der Waals surface area contributed by atoms with E-state index < -0.39 is 56.3 Å². The first kappa shape index (κ1) is 30.5. The van der Waals surface area contributed by atoms with Crippen LogP contribution in [0.5, 0.6) is 5.88 Å². The van der Waals surface area contributed by atoms with Crippen LogP contribution >= 0.6 is 7.52 Å². The Kier molecular flexibility index (Phi) is 9.03. The zero-order valence-electron chi connectivity index (χ0n) is 23.1. The van der Waals surface area contributed by atoms with Crippen LogP contribution in [-0.2, 0) is 23.4 Å². The van der Waals surface area contributed by atoms with Crippen LogP contribution in [0.1, 0.15) is 59.1 Å². The number of aliphatic hydroxyl groups excluding tert-OH is 1. The van der Waals surface area contributed by atoms with E-state index in [0.717, 1.165) is 32.1 Å². The summed E-state index contributed by atoms with van der Waals surface area (Å²) in [5.74, 6) is -0.598. The van der Waals surface area contributed by atoms with Crippen LogP contribution in [0.25, 0.3) is 11.2 Å². The lowest BCUT2D eigenvalue weighted by Gasteiger charge is -2.32. The maximum absolute atomic E-state index is 14.6. The third kappa shape index (κ3) is 6.09. The van der Waals surface area contributed by atoms with E-state index in [9.17, 15) is 24.0 Å². The van der Waals surface area contributed by atoms with Crippen molar-refractivity contribution in [3.8, 4) is 5.88 Å². The van der Waals surface area contributed by atoms with Gasteiger partial charge in [-0.05, 0) is 46.5 Å². The second-order valence-corrected chi connectivity index (χ2v) is 12.8. The number of imidazole rings is 1. The van der Waals surface area contributed by atoms with E-state index in [1.165, 1.54) is 31.4 Å². The van der Waals surface area contributed by atoms with Gasteiger partial charge in [0.15, 0.2) is 23.0 Å². The molecule has 0 bridgehead atoms. The average molecular weight is 589 g/mol. The summed E-state index contributed by atoms with van der Waals surface area (Å²) in [6, 6.07) is -0.966. The van der Waals surface area contributed by atoms with Crippen molar-refractivity contribution in [3.63, 3.8) is 0 Å². The number of halogens is 1. The molecular formula is C24H38FN6O8P. The van der Waals surface area contributed by atoms with Crippen LogP contribution in [-0.4, -0.2) is 91.7 Å². The number of carbonyl (C=O) groups is 1. The van der Waals surface area contributed by atoms with Crippen LogP contribution in [0.3, 0.4) is 0 Å². The van der Waals surface area contributed by atoms with Crippen molar-refractivity contribution in [2.45, 2.75) is 88.6 Å². The van der Waals surface area contributed by atoms with Gasteiger partial charge < -0.3 is 34.7 Å². The Morgan fingerprint density at radius 3 is 2.73 bits per heavy atom. The Labute approximate surface area is 231 Å². The van der Waals surface area contributed by atoms with Crippen molar-refractivity contribution < 1.29 is 42.7 Å². The molecule has 2 aliphatic rings. The molecule has 2 fully saturated rings. The van der Waals surface area contributed by atoms with Gasteiger partial charge in [0.05, 0.1) is 19.5 Å². The minimum absolute atomic E-state index is 0.108. The molecule has 3 heterocycles. The van der Waals surface area contributed by atoms with Gasteiger partial charge >= 0.3 is 5.97 Å². The highest BCUT2D eigenvalue weighted by Gasteiger charge is 2.62. The zero-order chi connectivity index (χ0) is 29.3. The summed E-state index contributed by atoms with van der Waals surface area (Å²) < 4.78 is 51.5. The van der Waals surface area contributed by atoms with Crippen molar-refractivity contribution in [2.24, 2.45) is 0 Å². The minimum Gasteiger partial charge on any atom is -0.476 e. The summed E-state index contributed by atoms with van der Waals surface area (Å²) in [7, 11) is -3.74. The average Bonchev–Trinajstić information content (AvgIpc) is 3.40. The summed E-state index contributed by atoms with van der Waals surface area (Å²) in [6.45, 7) is 3.99. The number of esters is 1. The Balaban J connectivity index is 1.49. The van der Waals surface area contributed by atoms with E-state index in [1.54, 1.807) is 6.92 Å². The molecule has 1 aliphatic heterocycles. The Morgan fingerprint density at radius 2 is 2.08 bits per heavy atom. The van der Waals surface area contributed by atoms with Gasteiger partial charge in [0.2, 0.25) is 11.8 Å². The molecule has 0 spiro atoms. The Hall–Kier alpha value is -2.42. The molecule has 1 saturated heterocycles. The first-order chi connectivity index (χ1) is 18.8. The Bertz CT molecular complexity index is 1260. The van der Waals surface area contributed by atoms with E-state index in [1.807, 2.05) is 0 Å². The molecule has 16 heteroatoms. The number of hydrogen-bond donors (Lipinski definition) is 4. The first-order valence-electron chi connectivity index (χ1n) is 13.3. The fraction of sp³-hybridized carbons (Fsp3) is 0.750. The predicted molar refractivity (Wildman–Crippen MR) is 141 cm³/mol. The van der Waals surface area contributed by atoms with Crippen molar-refractivity contribution in [3.05, 3.63) is 6.33 Å². The van der Waals surface area contributed by atoms with Gasteiger partial charge in [0.1, 0.15) is 30.5 Å². The summed E-state index contributed by atoms with van der Waals surface area (Å²) >= 11 is 0. The molecule has 40 heavy (non-hydrogen) atoms. The SMILES string of the molecule is CCOc1nc(N)nc2c1ncn2[C@@H]1O[C@](CF)(COP(C)(=O)N[C@@H](C)C(=O)OC2CCCCC2)[C@@H](O)[C@@]1(C)O. The van der Waals surface area contributed by atoms with Gasteiger partial charge in [0, 0.05) is 6.66 Å². The van der Waals surface area contributed by atoms with E-state index in [2.05, 4.69) is 20.0 Å². The third-order valence-corrected chi connectivity index (χ3v) is 8.71.